The molecular formula is C14H21N3O2S2. The van der Waals surface area contributed by atoms with Gasteiger partial charge in [0.25, 0.3) is 0 Å². The molecule has 1 aromatic heterocycles. The van der Waals surface area contributed by atoms with Gasteiger partial charge in [0.05, 0.1) is 20.1 Å². The fourth-order valence-corrected chi connectivity index (χ4v) is 3.98. The van der Waals surface area contributed by atoms with Crippen LogP contribution in [0.3, 0.4) is 0 Å². The summed E-state index contributed by atoms with van der Waals surface area (Å²) in [6.45, 7) is 7.26. The van der Waals surface area contributed by atoms with Crippen molar-refractivity contribution in [3.8, 4) is 0 Å². The van der Waals surface area contributed by atoms with Crippen LogP contribution in [0, 0.1) is 0 Å². The average molecular weight is 327 g/mol. The number of aromatic nitrogens is 1. The van der Waals surface area contributed by atoms with Crippen LogP contribution in [0.5, 0.6) is 0 Å². The molecule has 1 heterocycles. The van der Waals surface area contributed by atoms with Gasteiger partial charge in [0, 0.05) is 18.5 Å². The number of fused-ring (bicyclic) bond motifs is 1. The van der Waals surface area contributed by atoms with Crippen LogP contribution in [0.4, 0.5) is 0 Å². The summed E-state index contributed by atoms with van der Waals surface area (Å²) in [4.78, 5) is 4.86. The van der Waals surface area contributed by atoms with Gasteiger partial charge in [-0.05, 0) is 25.2 Å². The average Bonchev–Trinajstić information content (AvgIpc) is 2.81. The Labute approximate surface area is 129 Å². The minimum absolute atomic E-state index is 0.0340. The van der Waals surface area contributed by atoms with Crippen molar-refractivity contribution in [3.63, 3.8) is 0 Å². The highest BCUT2D eigenvalue weighted by molar-refractivity contribution is 7.89. The molecule has 7 heteroatoms. The second kappa shape index (κ2) is 6.00. The number of hydrogen-bond donors (Lipinski definition) is 2. The lowest BCUT2D eigenvalue weighted by Gasteiger charge is -2.13. The Hall–Kier alpha value is -1.02. The third kappa shape index (κ3) is 3.79. The van der Waals surface area contributed by atoms with Crippen molar-refractivity contribution >= 4 is 31.6 Å². The first kappa shape index (κ1) is 16.4. The Bertz CT molecular complexity index is 730. The molecule has 0 aliphatic carbocycles. The number of likely N-dealkylation sites (N-methyl/N-ethyl adjacent to an activating group) is 1. The van der Waals surface area contributed by atoms with Gasteiger partial charge in [0.2, 0.25) is 10.0 Å². The van der Waals surface area contributed by atoms with E-state index in [1.54, 1.807) is 36.6 Å². The quantitative estimate of drug-likeness (QED) is 0.825. The van der Waals surface area contributed by atoms with E-state index in [0.29, 0.717) is 13.1 Å². The first-order valence-electron chi connectivity index (χ1n) is 6.79. The molecule has 0 aliphatic heterocycles. The third-order valence-corrected chi connectivity index (χ3v) is 5.88. The second-order valence-corrected chi connectivity index (χ2v) is 8.70. The predicted molar refractivity (Wildman–Crippen MR) is 87.4 cm³/mol. The fraction of sp³-hybridized carbons (Fsp3) is 0.500. The summed E-state index contributed by atoms with van der Waals surface area (Å²) in [6.07, 6.45) is 0. The molecular weight excluding hydrogens is 306 g/mol. The molecule has 0 aliphatic rings. The molecule has 1 aromatic carbocycles. The Balaban J connectivity index is 2.34. The zero-order valence-electron chi connectivity index (χ0n) is 12.7. The maximum Gasteiger partial charge on any atom is 0.240 e. The molecule has 2 aromatic rings. The van der Waals surface area contributed by atoms with Crippen LogP contribution in [-0.4, -0.2) is 33.5 Å². The van der Waals surface area contributed by atoms with Crippen LogP contribution >= 0.6 is 11.3 Å². The van der Waals surface area contributed by atoms with Gasteiger partial charge in [-0.25, -0.2) is 18.1 Å². The number of nitrogens with zero attached hydrogens (tertiary/aromatic N) is 1. The third-order valence-electron chi connectivity index (χ3n) is 2.98. The van der Waals surface area contributed by atoms with Gasteiger partial charge in [-0.1, -0.05) is 20.8 Å². The molecule has 2 rings (SSSR count). The summed E-state index contributed by atoms with van der Waals surface area (Å²) in [5.41, 5.74) is 0.812. The van der Waals surface area contributed by atoms with E-state index in [4.69, 9.17) is 0 Å². The Morgan fingerprint density at radius 3 is 2.57 bits per heavy atom. The van der Waals surface area contributed by atoms with Crippen LogP contribution in [0.1, 0.15) is 25.8 Å². The van der Waals surface area contributed by atoms with Crippen LogP contribution in [0.25, 0.3) is 10.2 Å². The lowest BCUT2D eigenvalue weighted by molar-refractivity contribution is 0.579. The van der Waals surface area contributed by atoms with Gasteiger partial charge in [0.1, 0.15) is 0 Å². The molecule has 0 fully saturated rings. The highest BCUT2D eigenvalue weighted by Gasteiger charge is 2.20. The van der Waals surface area contributed by atoms with E-state index in [0.717, 1.165) is 15.2 Å². The van der Waals surface area contributed by atoms with Crippen molar-refractivity contribution in [1.82, 2.24) is 15.0 Å². The topological polar surface area (TPSA) is 71.1 Å². The van der Waals surface area contributed by atoms with Crippen molar-refractivity contribution in [2.45, 2.75) is 31.1 Å². The van der Waals surface area contributed by atoms with E-state index in [1.807, 2.05) is 0 Å². The van der Waals surface area contributed by atoms with Crippen molar-refractivity contribution in [3.05, 3.63) is 23.2 Å². The first-order chi connectivity index (χ1) is 9.74. The number of rotatable bonds is 5. The number of thiazole rings is 1. The van der Waals surface area contributed by atoms with Gasteiger partial charge in [-0.15, -0.1) is 11.3 Å². The van der Waals surface area contributed by atoms with E-state index in [2.05, 4.69) is 35.8 Å². The van der Waals surface area contributed by atoms with Crippen LogP contribution in [0.2, 0.25) is 0 Å². The molecule has 116 valence electrons. The number of benzene rings is 1. The maximum atomic E-state index is 12.2. The monoisotopic (exact) mass is 327 g/mol. The molecule has 2 N–H and O–H groups in total. The van der Waals surface area contributed by atoms with Crippen molar-refractivity contribution in [1.29, 1.82) is 0 Å². The lowest BCUT2D eigenvalue weighted by Crippen LogP contribution is -2.30. The van der Waals surface area contributed by atoms with Gasteiger partial charge in [-0.3, -0.25) is 0 Å². The minimum Gasteiger partial charge on any atom is -0.318 e. The molecule has 5 nitrogen and oxygen atoms in total. The zero-order chi connectivity index (χ0) is 15.7. The van der Waals surface area contributed by atoms with Crippen molar-refractivity contribution in [2.75, 3.05) is 20.1 Å². The van der Waals surface area contributed by atoms with E-state index >= 15 is 0 Å². The van der Waals surface area contributed by atoms with Crippen molar-refractivity contribution < 1.29 is 8.42 Å². The van der Waals surface area contributed by atoms with Gasteiger partial charge in [-0.2, -0.15) is 0 Å². The normalized spacial score (nSPS) is 13.0. The molecule has 0 amide bonds. The Morgan fingerprint density at radius 1 is 1.24 bits per heavy atom. The highest BCUT2D eigenvalue weighted by Crippen LogP contribution is 2.32. The van der Waals surface area contributed by atoms with Crippen molar-refractivity contribution in [2.24, 2.45) is 0 Å². The molecule has 0 radical (unpaired) electrons. The van der Waals surface area contributed by atoms with E-state index < -0.39 is 10.0 Å². The predicted octanol–water partition coefficient (Wildman–Crippen LogP) is 2.09. The largest absolute Gasteiger partial charge is 0.318 e. The van der Waals surface area contributed by atoms with E-state index in [1.165, 1.54) is 0 Å². The van der Waals surface area contributed by atoms with Crippen LogP contribution < -0.4 is 10.0 Å². The van der Waals surface area contributed by atoms with E-state index in [-0.39, 0.29) is 10.3 Å². The molecule has 0 saturated carbocycles. The first-order valence-corrected chi connectivity index (χ1v) is 9.09. The standard InChI is InChI=1S/C14H21N3O2S2/c1-14(2,3)13-17-11-6-5-10(9-12(11)20-13)21(18,19)16-8-7-15-4/h5-6,9,15-16H,7-8H2,1-4H3. The summed E-state index contributed by atoms with van der Waals surface area (Å²) in [7, 11) is -1.68. The summed E-state index contributed by atoms with van der Waals surface area (Å²) < 4.78 is 27.9. The van der Waals surface area contributed by atoms with Gasteiger partial charge >= 0.3 is 0 Å². The maximum absolute atomic E-state index is 12.2. The molecule has 0 spiro atoms. The van der Waals surface area contributed by atoms with Crippen LogP contribution in [-0.2, 0) is 15.4 Å². The molecule has 21 heavy (non-hydrogen) atoms. The van der Waals surface area contributed by atoms with E-state index in [9.17, 15) is 8.42 Å². The molecule has 0 saturated heterocycles. The summed E-state index contributed by atoms with van der Waals surface area (Å²) in [6, 6.07) is 5.08. The second-order valence-electron chi connectivity index (χ2n) is 5.90. The lowest BCUT2D eigenvalue weighted by atomic mass is 9.98. The number of hydrogen-bond acceptors (Lipinski definition) is 5. The minimum atomic E-state index is -3.46. The van der Waals surface area contributed by atoms with Gasteiger partial charge < -0.3 is 5.32 Å². The van der Waals surface area contributed by atoms with Gasteiger partial charge in [0.15, 0.2) is 0 Å². The molecule has 0 bridgehead atoms. The van der Waals surface area contributed by atoms with Crippen LogP contribution in [0.15, 0.2) is 23.1 Å². The SMILES string of the molecule is CNCCNS(=O)(=O)c1ccc2nc(C(C)(C)C)sc2c1. The fourth-order valence-electron chi connectivity index (χ4n) is 1.79. The highest BCUT2D eigenvalue weighted by atomic mass is 32.2. The summed E-state index contributed by atoms with van der Waals surface area (Å²) >= 11 is 1.55. The number of nitrogens with one attached hydrogen (secondary N) is 2. The summed E-state index contributed by atoms with van der Waals surface area (Å²) in [5.74, 6) is 0. The zero-order valence-corrected chi connectivity index (χ0v) is 14.4. The number of sulfonamides is 1. The Kier molecular flexibility index (Phi) is 4.67. The smallest absolute Gasteiger partial charge is 0.240 e. The molecule has 0 atom stereocenters. The summed E-state index contributed by atoms with van der Waals surface area (Å²) in [5, 5.41) is 3.92. The molecule has 0 unspecified atom stereocenters. The Morgan fingerprint density at radius 2 is 1.95 bits per heavy atom.